The minimum Gasteiger partial charge on any atom is -0.301 e. The summed E-state index contributed by atoms with van der Waals surface area (Å²) in [5, 5.41) is 2.46. The molecular formula is C30H26F3N3O3S. The number of hydrogen-bond acceptors (Lipinski definition) is 5. The van der Waals surface area contributed by atoms with Crippen LogP contribution in [-0.4, -0.2) is 36.0 Å². The van der Waals surface area contributed by atoms with Gasteiger partial charge >= 0.3 is 12.2 Å². The molecule has 1 aromatic heterocycles. The number of thiophene rings is 1. The number of halogens is 3. The van der Waals surface area contributed by atoms with Crippen LogP contribution in [0, 0.1) is 13.8 Å². The van der Waals surface area contributed by atoms with Crippen LogP contribution in [0.1, 0.15) is 59.0 Å². The predicted octanol–water partition coefficient (Wildman–Crippen LogP) is 6.75. The fourth-order valence-corrected chi connectivity index (χ4v) is 7.26. The van der Waals surface area contributed by atoms with E-state index in [9.17, 15) is 14.4 Å². The third-order valence-electron chi connectivity index (χ3n) is 8.39. The first-order chi connectivity index (χ1) is 18.6. The maximum absolute atomic E-state index is 15.2. The number of nitrogens with one attached hydrogen (secondary N) is 1. The number of imide groups is 2. The Hall–Kier alpha value is -3.92. The van der Waals surface area contributed by atoms with Gasteiger partial charge in [-0.3, -0.25) is 19.8 Å². The van der Waals surface area contributed by atoms with E-state index < -0.39 is 34.9 Å². The number of likely N-dealkylation sites (N-methyl/N-ethyl adjacent to an activating group) is 1. The Morgan fingerprint density at radius 2 is 1.55 bits per heavy atom. The SMILES string of the molecule is Cc1ccc2c(c1)C(C)(C)c1cc(C)cc3c1N2c1sc(/C=C2\C(=O)NC(=O)N(C)C2=O)cc1C3(C)C(F)(F)F. The largest absolute Gasteiger partial charge is 0.402 e. The van der Waals surface area contributed by atoms with E-state index in [2.05, 4.69) is 11.4 Å². The smallest absolute Gasteiger partial charge is 0.301 e. The molecule has 1 saturated heterocycles. The van der Waals surface area contributed by atoms with Crippen LogP contribution in [0.25, 0.3) is 6.08 Å². The van der Waals surface area contributed by atoms with Crippen LogP contribution in [0.2, 0.25) is 0 Å². The van der Waals surface area contributed by atoms with Crippen LogP contribution in [0.4, 0.5) is 34.3 Å². The van der Waals surface area contributed by atoms with Gasteiger partial charge in [0, 0.05) is 22.9 Å². The number of amides is 4. The van der Waals surface area contributed by atoms with Crippen molar-refractivity contribution in [2.24, 2.45) is 0 Å². The molecule has 3 aliphatic heterocycles. The lowest BCUT2D eigenvalue weighted by Gasteiger charge is -2.49. The zero-order chi connectivity index (χ0) is 29.1. The van der Waals surface area contributed by atoms with E-state index in [1.165, 1.54) is 26.1 Å². The van der Waals surface area contributed by atoms with Crippen LogP contribution in [-0.2, 0) is 20.4 Å². The number of barbiturate groups is 1. The van der Waals surface area contributed by atoms with E-state index in [1.807, 2.05) is 50.8 Å². The van der Waals surface area contributed by atoms with Crippen LogP contribution >= 0.6 is 11.3 Å². The highest BCUT2D eigenvalue weighted by Gasteiger charge is 2.60. The van der Waals surface area contributed by atoms with E-state index in [-0.39, 0.29) is 16.7 Å². The highest BCUT2D eigenvalue weighted by Crippen LogP contribution is 2.65. The maximum Gasteiger partial charge on any atom is 0.402 e. The molecule has 206 valence electrons. The lowest BCUT2D eigenvalue weighted by Crippen LogP contribution is -2.52. The van der Waals surface area contributed by atoms with Crippen molar-refractivity contribution >= 4 is 51.6 Å². The monoisotopic (exact) mass is 565 g/mol. The van der Waals surface area contributed by atoms with Crippen LogP contribution < -0.4 is 10.2 Å². The van der Waals surface area contributed by atoms with E-state index in [0.29, 0.717) is 15.6 Å². The summed E-state index contributed by atoms with van der Waals surface area (Å²) in [7, 11) is 1.23. The second kappa shape index (κ2) is 8.06. The Bertz CT molecular complexity index is 1720. The summed E-state index contributed by atoms with van der Waals surface area (Å²) in [4.78, 5) is 40.1. The molecule has 0 spiro atoms. The highest BCUT2D eigenvalue weighted by molar-refractivity contribution is 7.17. The molecule has 1 fully saturated rings. The number of nitrogens with zero attached hydrogens (tertiary/aromatic N) is 2. The lowest BCUT2D eigenvalue weighted by atomic mass is 9.66. The molecular weight excluding hydrogens is 539 g/mol. The van der Waals surface area contributed by atoms with Crippen molar-refractivity contribution in [3.05, 3.63) is 80.2 Å². The van der Waals surface area contributed by atoms with Gasteiger partial charge in [0.25, 0.3) is 11.8 Å². The molecule has 1 atom stereocenters. The van der Waals surface area contributed by atoms with Gasteiger partial charge in [-0.05, 0) is 55.7 Å². The first kappa shape index (κ1) is 26.3. The number of aryl methyl sites for hydroxylation is 2. The molecule has 1 unspecified atom stereocenters. The number of alkyl halides is 3. The van der Waals surface area contributed by atoms with Crippen molar-refractivity contribution in [1.82, 2.24) is 10.2 Å². The van der Waals surface area contributed by atoms with Crippen molar-refractivity contribution < 1.29 is 27.6 Å². The van der Waals surface area contributed by atoms with E-state index >= 15 is 13.2 Å². The van der Waals surface area contributed by atoms with Gasteiger partial charge < -0.3 is 4.90 Å². The number of fused-ring (bicyclic) bond motifs is 4. The van der Waals surface area contributed by atoms with Crippen molar-refractivity contribution in [2.75, 3.05) is 11.9 Å². The van der Waals surface area contributed by atoms with Crippen molar-refractivity contribution in [3.63, 3.8) is 0 Å². The number of hydrogen-bond donors (Lipinski definition) is 1. The Labute approximate surface area is 233 Å². The Morgan fingerprint density at radius 1 is 0.900 bits per heavy atom. The molecule has 3 aromatic rings. The number of carbonyl (C=O) groups is 3. The molecule has 0 bridgehead atoms. The van der Waals surface area contributed by atoms with Gasteiger partial charge in [0.05, 0.1) is 11.4 Å². The molecule has 2 aromatic carbocycles. The van der Waals surface area contributed by atoms with Crippen LogP contribution in [0.5, 0.6) is 0 Å². The molecule has 4 heterocycles. The number of benzene rings is 2. The van der Waals surface area contributed by atoms with Gasteiger partial charge in [0.1, 0.15) is 16.0 Å². The Kier molecular flexibility index (Phi) is 5.30. The third kappa shape index (κ3) is 3.31. The Morgan fingerprint density at radius 3 is 2.23 bits per heavy atom. The Balaban J connectivity index is 1.68. The van der Waals surface area contributed by atoms with Gasteiger partial charge in [0.15, 0.2) is 0 Å². The van der Waals surface area contributed by atoms with Gasteiger partial charge in [-0.1, -0.05) is 49.2 Å². The van der Waals surface area contributed by atoms with Crippen LogP contribution in [0.15, 0.2) is 42.0 Å². The van der Waals surface area contributed by atoms with E-state index in [1.54, 1.807) is 6.07 Å². The van der Waals surface area contributed by atoms with Crippen molar-refractivity contribution in [1.29, 1.82) is 0 Å². The standard InChI is InChI=1S/C30H26F3N3O3S/c1-14-7-8-22-18(9-14)28(3,4)19-10-15(2)11-20-23(19)36(22)26-21(29(20,5)30(31,32)33)13-16(40-26)12-17-24(37)34-27(39)35(6)25(17)38/h7-13H,1-6H3,(H,34,37,39)/b17-12+. The molecule has 40 heavy (non-hydrogen) atoms. The number of carbonyl (C=O) groups excluding carboxylic acids is 3. The number of anilines is 3. The summed E-state index contributed by atoms with van der Waals surface area (Å²) in [6.45, 7) is 9.06. The topological polar surface area (TPSA) is 69.7 Å². The molecule has 10 heteroatoms. The van der Waals surface area contributed by atoms with E-state index in [0.717, 1.165) is 44.2 Å². The zero-order valence-electron chi connectivity index (χ0n) is 22.7. The first-order valence-corrected chi connectivity index (χ1v) is 13.5. The summed E-state index contributed by atoms with van der Waals surface area (Å²) in [6.07, 6.45) is -3.38. The van der Waals surface area contributed by atoms with Crippen LogP contribution in [0.3, 0.4) is 0 Å². The summed E-state index contributed by atoms with van der Waals surface area (Å²) in [5.74, 6) is -1.71. The lowest BCUT2D eigenvalue weighted by molar-refractivity contribution is -0.173. The fourth-order valence-electron chi connectivity index (χ4n) is 6.03. The highest BCUT2D eigenvalue weighted by atomic mass is 32.1. The molecule has 0 radical (unpaired) electrons. The van der Waals surface area contributed by atoms with Crippen molar-refractivity contribution in [3.8, 4) is 0 Å². The minimum atomic E-state index is -4.65. The third-order valence-corrected chi connectivity index (χ3v) is 9.46. The van der Waals surface area contributed by atoms with Gasteiger partial charge in [-0.15, -0.1) is 11.3 Å². The second-order valence-corrected chi connectivity index (χ2v) is 12.4. The molecule has 0 aliphatic carbocycles. The molecule has 6 nitrogen and oxygen atoms in total. The molecule has 0 saturated carbocycles. The number of urea groups is 1. The predicted molar refractivity (Wildman–Crippen MR) is 147 cm³/mol. The van der Waals surface area contributed by atoms with Crippen molar-refractivity contribution in [2.45, 2.75) is 51.6 Å². The first-order valence-electron chi connectivity index (χ1n) is 12.7. The van der Waals surface area contributed by atoms with Gasteiger partial charge in [-0.2, -0.15) is 13.2 Å². The van der Waals surface area contributed by atoms with E-state index in [4.69, 9.17) is 0 Å². The molecule has 3 aliphatic rings. The summed E-state index contributed by atoms with van der Waals surface area (Å²) in [5.41, 5.74) is 1.83. The quantitative estimate of drug-likeness (QED) is 0.262. The normalized spacial score (nSPS) is 22.2. The molecule has 6 rings (SSSR count). The summed E-state index contributed by atoms with van der Waals surface area (Å²) >= 11 is 1.08. The van der Waals surface area contributed by atoms with Gasteiger partial charge in [-0.25, -0.2) is 4.79 Å². The fraction of sp³-hybridized carbons (Fsp3) is 0.300. The molecule has 1 N–H and O–H groups in total. The summed E-state index contributed by atoms with van der Waals surface area (Å²) in [6, 6.07) is 10.1. The second-order valence-electron chi connectivity index (χ2n) is 11.4. The average Bonchev–Trinajstić information content (AvgIpc) is 3.29. The average molecular weight is 566 g/mol. The zero-order valence-corrected chi connectivity index (χ0v) is 23.5. The van der Waals surface area contributed by atoms with Gasteiger partial charge in [0.2, 0.25) is 0 Å². The number of rotatable bonds is 1. The minimum absolute atomic E-state index is 0.0419. The summed E-state index contributed by atoms with van der Waals surface area (Å²) < 4.78 is 45.7. The molecule has 4 amide bonds. The maximum atomic E-state index is 15.2.